The molecule has 1 heterocycles. The molecule has 1 saturated heterocycles. The minimum absolute atomic E-state index is 0.163. The van der Waals surface area contributed by atoms with Crippen molar-refractivity contribution in [3.63, 3.8) is 0 Å². The molecule has 6 nitrogen and oxygen atoms in total. The lowest BCUT2D eigenvalue weighted by atomic mass is 10.1. The van der Waals surface area contributed by atoms with Crippen molar-refractivity contribution in [3.8, 4) is 0 Å². The van der Waals surface area contributed by atoms with Crippen molar-refractivity contribution < 1.29 is 13.2 Å². The number of carbonyl (C=O) groups is 1. The average Bonchev–Trinajstić information content (AvgIpc) is 2.46. The lowest BCUT2D eigenvalue weighted by molar-refractivity contribution is -0.133. The predicted molar refractivity (Wildman–Crippen MR) is 76.4 cm³/mol. The van der Waals surface area contributed by atoms with Crippen LogP contribution in [0.25, 0.3) is 0 Å². The van der Waals surface area contributed by atoms with Crippen LogP contribution in [0.15, 0.2) is 30.3 Å². The molecule has 110 valence electrons. The molecule has 1 aromatic carbocycles. The second-order valence-electron chi connectivity index (χ2n) is 4.88. The molecule has 1 atom stereocenters. The topological polar surface area (TPSA) is 83.7 Å². The summed E-state index contributed by atoms with van der Waals surface area (Å²) in [6, 6.07) is 8.48. The smallest absolute Gasteiger partial charge is 0.244 e. The molecule has 0 spiro atoms. The maximum Gasteiger partial charge on any atom is 0.244 e. The van der Waals surface area contributed by atoms with Gasteiger partial charge in [0.2, 0.25) is 15.9 Å². The molecule has 7 heteroatoms. The van der Waals surface area contributed by atoms with E-state index in [1.165, 1.54) is 10.6 Å². The van der Waals surface area contributed by atoms with Gasteiger partial charge in [-0.3, -0.25) is 4.79 Å². The Morgan fingerprint density at radius 3 is 2.20 bits per heavy atom. The number of amides is 1. The minimum atomic E-state index is -3.18. The van der Waals surface area contributed by atoms with Crippen molar-refractivity contribution in [3.05, 3.63) is 35.9 Å². The van der Waals surface area contributed by atoms with E-state index >= 15 is 0 Å². The summed E-state index contributed by atoms with van der Waals surface area (Å²) in [5.74, 6) is -0.163. The second-order valence-corrected chi connectivity index (χ2v) is 6.86. The zero-order valence-corrected chi connectivity index (χ0v) is 12.2. The third-order valence-electron chi connectivity index (χ3n) is 3.44. The first-order valence-corrected chi connectivity index (χ1v) is 8.29. The minimum Gasteiger partial charge on any atom is -0.338 e. The van der Waals surface area contributed by atoms with Gasteiger partial charge in [-0.25, -0.2) is 8.42 Å². The van der Waals surface area contributed by atoms with Crippen LogP contribution in [0.3, 0.4) is 0 Å². The Hall–Kier alpha value is -1.44. The fraction of sp³-hybridized carbons (Fsp3) is 0.462. The highest BCUT2D eigenvalue weighted by Crippen LogP contribution is 2.15. The van der Waals surface area contributed by atoms with Gasteiger partial charge in [0.15, 0.2) is 0 Å². The number of sulfonamides is 1. The van der Waals surface area contributed by atoms with Gasteiger partial charge in [-0.15, -0.1) is 0 Å². The summed E-state index contributed by atoms with van der Waals surface area (Å²) in [4.78, 5) is 13.9. The number of benzene rings is 1. The molecule has 0 saturated carbocycles. The standard InChI is InChI=1S/C13H19N3O3S/c1-20(18,19)16-9-7-15(8-10-16)13(17)12(14)11-5-3-2-4-6-11/h2-6,12H,7-10,14H2,1H3/t12-/m1/s1. The van der Waals surface area contributed by atoms with Gasteiger partial charge in [0, 0.05) is 26.2 Å². The Morgan fingerprint density at radius 1 is 1.15 bits per heavy atom. The van der Waals surface area contributed by atoms with E-state index in [2.05, 4.69) is 0 Å². The molecule has 2 rings (SSSR count). The molecule has 0 bridgehead atoms. The Balaban J connectivity index is 1.99. The highest BCUT2D eigenvalue weighted by atomic mass is 32.2. The van der Waals surface area contributed by atoms with Crippen molar-refractivity contribution in [1.82, 2.24) is 9.21 Å². The van der Waals surface area contributed by atoms with Crippen LogP contribution in [0, 0.1) is 0 Å². The Morgan fingerprint density at radius 2 is 1.70 bits per heavy atom. The van der Waals surface area contributed by atoms with E-state index in [9.17, 15) is 13.2 Å². The summed E-state index contributed by atoms with van der Waals surface area (Å²) in [6.45, 7) is 1.41. The van der Waals surface area contributed by atoms with Crippen molar-refractivity contribution in [2.24, 2.45) is 5.73 Å². The van der Waals surface area contributed by atoms with E-state index in [0.717, 1.165) is 5.56 Å². The van der Waals surface area contributed by atoms with Gasteiger partial charge < -0.3 is 10.6 Å². The number of nitrogens with zero attached hydrogens (tertiary/aromatic N) is 2. The zero-order chi connectivity index (χ0) is 14.8. The molecule has 1 aliphatic rings. The lowest BCUT2D eigenvalue weighted by Crippen LogP contribution is -2.52. The normalized spacial score (nSPS) is 18.8. The molecule has 2 N–H and O–H groups in total. The quantitative estimate of drug-likeness (QED) is 0.837. The van der Waals surface area contributed by atoms with Crippen LogP contribution in [-0.2, 0) is 14.8 Å². The summed E-state index contributed by atoms with van der Waals surface area (Å²) in [7, 11) is -3.18. The first-order valence-electron chi connectivity index (χ1n) is 6.44. The predicted octanol–water partition coefficient (Wildman–Crippen LogP) is -0.210. The molecular weight excluding hydrogens is 278 g/mol. The van der Waals surface area contributed by atoms with Crippen LogP contribution in [0.2, 0.25) is 0 Å². The van der Waals surface area contributed by atoms with Crippen LogP contribution >= 0.6 is 0 Å². The average molecular weight is 297 g/mol. The number of piperazine rings is 1. The molecule has 0 aliphatic carbocycles. The summed E-state index contributed by atoms with van der Waals surface area (Å²) in [5, 5.41) is 0. The van der Waals surface area contributed by atoms with Gasteiger partial charge in [0.1, 0.15) is 6.04 Å². The SMILES string of the molecule is CS(=O)(=O)N1CCN(C(=O)[C@H](N)c2ccccc2)CC1. The van der Waals surface area contributed by atoms with E-state index < -0.39 is 16.1 Å². The maximum atomic E-state index is 12.3. The highest BCUT2D eigenvalue weighted by Gasteiger charge is 2.28. The highest BCUT2D eigenvalue weighted by molar-refractivity contribution is 7.88. The first-order chi connectivity index (χ1) is 9.39. The van der Waals surface area contributed by atoms with E-state index in [4.69, 9.17) is 5.73 Å². The van der Waals surface area contributed by atoms with Crippen molar-refractivity contribution in [2.45, 2.75) is 6.04 Å². The first kappa shape index (κ1) is 15.0. The van der Waals surface area contributed by atoms with Crippen molar-refractivity contribution in [1.29, 1.82) is 0 Å². The molecule has 0 aromatic heterocycles. The molecule has 1 aromatic rings. The summed E-state index contributed by atoms with van der Waals surface area (Å²) in [6.07, 6.45) is 1.18. The second kappa shape index (κ2) is 5.90. The van der Waals surface area contributed by atoms with Crippen LogP contribution < -0.4 is 5.73 Å². The monoisotopic (exact) mass is 297 g/mol. The molecule has 1 amide bonds. The Bertz CT molecular complexity index is 566. The van der Waals surface area contributed by atoms with Gasteiger partial charge in [0.05, 0.1) is 6.26 Å². The fourth-order valence-corrected chi connectivity index (χ4v) is 3.07. The van der Waals surface area contributed by atoms with Crippen molar-refractivity contribution >= 4 is 15.9 Å². The Kier molecular flexibility index (Phi) is 4.42. The third-order valence-corrected chi connectivity index (χ3v) is 4.75. The van der Waals surface area contributed by atoms with E-state index in [1.807, 2.05) is 30.3 Å². The summed E-state index contributed by atoms with van der Waals surface area (Å²) < 4.78 is 24.2. The fourth-order valence-electron chi connectivity index (χ4n) is 2.24. The molecular formula is C13H19N3O3S. The molecule has 1 fully saturated rings. The van der Waals surface area contributed by atoms with Gasteiger partial charge in [-0.2, -0.15) is 4.31 Å². The molecule has 0 radical (unpaired) electrons. The number of hydrogen-bond donors (Lipinski definition) is 1. The van der Waals surface area contributed by atoms with Crippen LogP contribution in [0.4, 0.5) is 0 Å². The molecule has 1 aliphatic heterocycles. The molecule has 20 heavy (non-hydrogen) atoms. The van der Waals surface area contributed by atoms with Gasteiger partial charge in [0.25, 0.3) is 0 Å². The number of nitrogens with two attached hydrogens (primary N) is 1. The van der Waals surface area contributed by atoms with Gasteiger partial charge in [-0.05, 0) is 5.56 Å². The van der Waals surface area contributed by atoms with Crippen molar-refractivity contribution in [2.75, 3.05) is 32.4 Å². The zero-order valence-electron chi connectivity index (χ0n) is 11.4. The third kappa shape index (κ3) is 3.36. The molecule has 0 unspecified atom stereocenters. The summed E-state index contributed by atoms with van der Waals surface area (Å²) >= 11 is 0. The number of carbonyl (C=O) groups excluding carboxylic acids is 1. The van der Waals surface area contributed by atoms with E-state index in [1.54, 1.807) is 4.90 Å². The number of rotatable bonds is 3. The van der Waals surface area contributed by atoms with Crippen LogP contribution in [-0.4, -0.2) is 56.0 Å². The Labute approximate surface area is 119 Å². The largest absolute Gasteiger partial charge is 0.338 e. The maximum absolute atomic E-state index is 12.3. The summed E-state index contributed by atoms with van der Waals surface area (Å²) in [5.41, 5.74) is 6.73. The van der Waals surface area contributed by atoms with Gasteiger partial charge >= 0.3 is 0 Å². The lowest BCUT2D eigenvalue weighted by Gasteiger charge is -2.34. The van der Waals surface area contributed by atoms with E-state index in [0.29, 0.717) is 26.2 Å². The van der Waals surface area contributed by atoms with Crippen LogP contribution in [0.5, 0.6) is 0 Å². The van der Waals surface area contributed by atoms with Crippen LogP contribution in [0.1, 0.15) is 11.6 Å². The number of hydrogen-bond acceptors (Lipinski definition) is 4. The van der Waals surface area contributed by atoms with E-state index in [-0.39, 0.29) is 5.91 Å². The van der Waals surface area contributed by atoms with Gasteiger partial charge in [-0.1, -0.05) is 30.3 Å².